The summed E-state index contributed by atoms with van der Waals surface area (Å²) < 4.78 is 0. The number of hydrogen-bond donors (Lipinski definition) is 2. The van der Waals surface area contributed by atoms with Gasteiger partial charge >= 0.3 is 5.97 Å². The molecule has 0 amide bonds. The number of aliphatic hydroxyl groups excluding tert-OH is 1. The third-order valence-electron chi connectivity index (χ3n) is 3.38. The van der Waals surface area contributed by atoms with Crippen LogP contribution >= 0.6 is 0 Å². The molecule has 17 heavy (non-hydrogen) atoms. The molecule has 1 aromatic carbocycles. The molecule has 92 valence electrons. The van der Waals surface area contributed by atoms with Crippen molar-refractivity contribution >= 4 is 11.7 Å². The highest BCUT2D eigenvalue weighted by atomic mass is 16.4. The molecule has 2 N–H and O–H groups in total. The molecule has 0 saturated carbocycles. The minimum atomic E-state index is -0.783. The molecule has 1 heterocycles. The largest absolute Gasteiger partial charge is 0.480 e. The summed E-state index contributed by atoms with van der Waals surface area (Å²) >= 11 is 0. The van der Waals surface area contributed by atoms with Crippen molar-refractivity contribution in [1.82, 2.24) is 0 Å². The summed E-state index contributed by atoms with van der Waals surface area (Å²) in [6, 6.07) is 5.24. The topological polar surface area (TPSA) is 60.8 Å². The molecule has 1 aliphatic heterocycles. The first-order chi connectivity index (χ1) is 8.19. The third-order valence-corrected chi connectivity index (χ3v) is 3.38. The first-order valence-electron chi connectivity index (χ1n) is 5.90. The van der Waals surface area contributed by atoms with Crippen molar-refractivity contribution in [3.05, 3.63) is 29.3 Å². The van der Waals surface area contributed by atoms with Crippen LogP contribution in [0, 0.1) is 0 Å². The van der Waals surface area contributed by atoms with Gasteiger partial charge in [0, 0.05) is 12.2 Å². The number of aliphatic carboxylic acids is 1. The van der Waals surface area contributed by atoms with Gasteiger partial charge in [-0.05, 0) is 30.0 Å². The van der Waals surface area contributed by atoms with E-state index in [4.69, 9.17) is 0 Å². The van der Waals surface area contributed by atoms with Crippen molar-refractivity contribution in [3.63, 3.8) is 0 Å². The van der Waals surface area contributed by atoms with E-state index in [1.54, 1.807) is 0 Å². The average molecular weight is 235 g/mol. The van der Waals surface area contributed by atoms with Gasteiger partial charge in [0.05, 0.1) is 6.61 Å². The number of carbonyl (C=O) groups is 1. The van der Waals surface area contributed by atoms with Crippen LogP contribution in [0.4, 0.5) is 5.69 Å². The van der Waals surface area contributed by atoms with E-state index in [9.17, 15) is 15.0 Å². The number of carboxylic acid groups (broad SMARTS) is 1. The predicted molar refractivity (Wildman–Crippen MR) is 65.1 cm³/mol. The van der Waals surface area contributed by atoms with Crippen molar-refractivity contribution in [2.24, 2.45) is 0 Å². The molecule has 1 atom stereocenters. The van der Waals surface area contributed by atoms with Gasteiger partial charge in [-0.25, -0.2) is 4.79 Å². The number of rotatable bonds is 4. The van der Waals surface area contributed by atoms with E-state index in [0.717, 1.165) is 29.8 Å². The van der Waals surface area contributed by atoms with E-state index in [2.05, 4.69) is 0 Å². The van der Waals surface area contributed by atoms with E-state index in [1.807, 2.05) is 30.0 Å². The molecule has 0 fully saturated rings. The predicted octanol–water partition coefficient (Wildman–Crippen LogP) is 1.40. The van der Waals surface area contributed by atoms with E-state index in [1.165, 1.54) is 0 Å². The van der Waals surface area contributed by atoms with Crippen LogP contribution in [-0.4, -0.2) is 28.8 Å². The number of carboxylic acids is 1. The van der Waals surface area contributed by atoms with Crippen molar-refractivity contribution in [1.29, 1.82) is 0 Å². The van der Waals surface area contributed by atoms with E-state index in [0.29, 0.717) is 6.42 Å². The molecule has 0 aromatic heterocycles. The lowest BCUT2D eigenvalue weighted by atomic mass is 10.1. The lowest BCUT2D eigenvalue weighted by molar-refractivity contribution is -0.138. The Morgan fingerprint density at radius 2 is 2.29 bits per heavy atom. The molecule has 2 rings (SSSR count). The van der Waals surface area contributed by atoms with Gasteiger partial charge in [-0.2, -0.15) is 0 Å². The fourth-order valence-electron chi connectivity index (χ4n) is 2.53. The van der Waals surface area contributed by atoms with Crippen LogP contribution in [0.3, 0.4) is 0 Å². The number of anilines is 1. The first kappa shape index (κ1) is 11.9. The van der Waals surface area contributed by atoms with Gasteiger partial charge in [-0.15, -0.1) is 0 Å². The van der Waals surface area contributed by atoms with E-state index in [-0.39, 0.29) is 6.61 Å². The Hall–Kier alpha value is -1.55. The van der Waals surface area contributed by atoms with Crippen LogP contribution in [0.15, 0.2) is 18.2 Å². The zero-order valence-electron chi connectivity index (χ0n) is 9.89. The van der Waals surface area contributed by atoms with Crippen molar-refractivity contribution < 1.29 is 15.0 Å². The summed E-state index contributed by atoms with van der Waals surface area (Å²) in [5, 5.41) is 18.5. The van der Waals surface area contributed by atoms with E-state index < -0.39 is 12.0 Å². The lowest BCUT2D eigenvalue weighted by Crippen LogP contribution is -2.39. The summed E-state index contributed by atoms with van der Waals surface area (Å²) in [6.45, 7) is 2.62. The Balaban J connectivity index is 2.36. The maximum Gasteiger partial charge on any atom is 0.326 e. The van der Waals surface area contributed by atoms with Crippen LogP contribution in [0.2, 0.25) is 0 Å². The Morgan fingerprint density at radius 3 is 2.88 bits per heavy atom. The monoisotopic (exact) mass is 235 g/mol. The normalized spacial score (nSPS) is 15.8. The Morgan fingerprint density at radius 1 is 1.53 bits per heavy atom. The quantitative estimate of drug-likeness (QED) is 0.828. The summed E-state index contributed by atoms with van der Waals surface area (Å²) in [6.07, 6.45) is 1.40. The summed E-state index contributed by atoms with van der Waals surface area (Å²) in [5.41, 5.74) is 2.96. The molecule has 0 saturated heterocycles. The van der Waals surface area contributed by atoms with Crippen LogP contribution in [0.5, 0.6) is 0 Å². The number of hydrogen-bond acceptors (Lipinski definition) is 3. The Labute approximate surface area is 100 Å². The molecule has 4 heteroatoms. The zero-order chi connectivity index (χ0) is 12.4. The number of nitrogens with zero attached hydrogens (tertiary/aromatic N) is 1. The number of aliphatic hydroxyl groups is 1. The molecular formula is C13H17NO3. The van der Waals surface area contributed by atoms with Crippen LogP contribution in [0.25, 0.3) is 0 Å². The van der Waals surface area contributed by atoms with Gasteiger partial charge in [0.2, 0.25) is 0 Å². The van der Waals surface area contributed by atoms with Gasteiger partial charge in [0.15, 0.2) is 0 Å². The summed E-state index contributed by atoms with van der Waals surface area (Å²) in [4.78, 5) is 13.1. The first-order valence-corrected chi connectivity index (χ1v) is 5.90. The molecule has 0 radical (unpaired) electrons. The fraction of sp³-hybridized carbons (Fsp3) is 0.462. The van der Waals surface area contributed by atoms with Gasteiger partial charge in [0.1, 0.15) is 6.04 Å². The SMILES string of the molecule is CCC(C(=O)O)N1CCc2c(CO)cccc21. The molecule has 1 unspecified atom stereocenters. The summed E-state index contributed by atoms with van der Waals surface area (Å²) in [7, 11) is 0. The molecule has 0 bridgehead atoms. The Kier molecular flexibility index (Phi) is 3.33. The van der Waals surface area contributed by atoms with Crippen molar-refractivity contribution in [3.8, 4) is 0 Å². The van der Waals surface area contributed by atoms with Gasteiger partial charge in [0.25, 0.3) is 0 Å². The van der Waals surface area contributed by atoms with Gasteiger partial charge in [-0.1, -0.05) is 19.1 Å². The molecule has 1 aliphatic rings. The highest BCUT2D eigenvalue weighted by Crippen LogP contribution is 2.32. The number of fused-ring (bicyclic) bond motifs is 1. The average Bonchev–Trinajstić information content (AvgIpc) is 2.73. The number of benzene rings is 1. The standard InChI is InChI=1S/C13H17NO3/c1-2-11(13(16)17)14-7-6-10-9(8-15)4-3-5-12(10)14/h3-5,11,15H,2,6-8H2,1H3,(H,16,17). The van der Waals surface area contributed by atoms with Crippen molar-refractivity contribution in [2.45, 2.75) is 32.4 Å². The second kappa shape index (κ2) is 4.75. The highest BCUT2D eigenvalue weighted by molar-refractivity contribution is 5.80. The van der Waals surface area contributed by atoms with Crippen LogP contribution in [0.1, 0.15) is 24.5 Å². The molecule has 4 nitrogen and oxygen atoms in total. The van der Waals surface area contributed by atoms with Gasteiger partial charge < -0.3 is 15.1 Å². The summed E-state index contributed by atoms with van der Waals surface area (Å²) in [5.74, 6) is -0.783. The second-order valence-electron chi connectivity index (χ2n) is 4.28. The van der Waals surface area contributed by atoms with Crippen LogP contribution in [-0.2, 0) is 17.8 Å². The fourth-order valence-corrected chi connectivity index (χ4v) is 2.53. The maximum atomic E-state index is 11.2. The maximum absolute atomic E-state index is 11.2. The minimum absolute atomic E-state index is 0.0148. The minimum Gasteiger partial charge on any atom is -0.480 e. The van der Waals surface area contributed by atoms with Crippen molar-refractivity contribution in [2.75, 3.05) is 11.4 Å². The molecular weight excluding hydrogens is 218 g/mol. The molecule has 1 aromatic rings. The smallest absolute Gasteiger partial charge is 0.326 e. The third kappa shape index (κ3) is 2.00. The van der Waals surface area contributed by atoms with Gasteiger partial charge in [-0.3, -0.25) is 0 Å². The van der Waals surface area contributed by atoms with Crippen LogP contribution < -0.4 is 4.90 Å². The Bertz CT molecular complexity index is 431. The van der Waals surface area contributed by atoms with E-state index >= 15 is 0 Å². The molecule has 0 spiro atoms. The second-order valence-corrected chi connectivity index (χ2v) is 4.28. The zero-order valence-corrected chi connectivity index (χ0v) is 9.89. The highest BCUT2D eigenvalue weighted by Gasteiger charge is 2.30. The molecule has 0 aliphatic carbocycles. The lowest BCUT2D eigenvalue weighted by Gasteiger charge is -2.26.